The van der Waals surface area contributed by atoms with E-state index in [2.05, 4.69) is 26.1 Å². The maximum absolute atomic E-state index is 9.17. The van der Waals surface area contributed by atoms with Crippen molar-refractivity contribution in [1.29, 1.82) is 0 Å². The van der Waals surface area contributed by atoms with Gasteiger partial charge in [0.15, 0.2) is 10.6 Å². The molecule has 8 heteroatoms. The van der Waals surface area contributed by atoms with Gasteiger partial charge >= 0.3 is 0 Å². The molecule has 0 saturated carbocycles. The second-order valence-corrected chi connectivity index (χ2v) is 5.13. The molecule has 0 fully saturated rings. The van der Waals surface area contributed by atoms with E-state index in [4.69, 9.17) is 35.4 Å². The van der Waals surface area contributed by atoms with Crippen LogP contribution in [0.1, 0.15) is 5.82 Å². The molecule has 1 heterocycles. The second kappa shape index (κ2) is 5.07. The van der Waals surface area contributed by atoms with Crippen LogP contribution >= 0.6 is 51.3 Å². The van der Waals surface area contributed by atoms with Crippen molar-refractivity contribution in [3.63, 3.8) is 0 Å². The van der Waals surface area contributed by atoms with Crippen molar-refractivity contribution in [1.82, 2.24) is 14.8 Å². The molecule has 0 amide bonds. The predicted molar refractivity (Wildman–Crippen MR) is 72.4 cm³/mol. The zero-order valence-electron chi connectivity index (χ0n) is 8.25. The van der Waals surface area contributed by atoms with Gasteiger partial charge in [0.2, 0.25) is 0 Å². The molecule has 0 bridgehead atoms. The maximum Gasteiger partial charge on any atom is 0.199 e. The lowest BCUT2D eigenvalue weighted by atomic mass is 10.3. The molecule has 4 nitrogen and oxygen atoms in total. The number of hydrogen-bond donors (Lipinski definition) is 2. The molecule has 1 aromatic heterocycles. The third-order valence-electron chi connectivity index (χ3n) is 2.14. The molecule has 0 spiro atoms. The second-order valence-electron chi connectivity index (χ2n) is 3.13. The number of H-pyrrole nitrogens is 1. The number of aromatic nitrogens is 3. The first-order chi connectivity index (χ1) is 8.06. The van der Waals surface area contributed by atoms with Crippen molar-refractivity contribution in [3.8, 4) is 5.69 Å². The maximum atomic E-state index is 9.17. The van der Waals surface area contributed by atoms with Crippen LogP contribution < -0.4 is 0 Å². The number of aromatic amines is 1. The summed E-state index contributed by atoms with van der Waals surface area (Å²) in [7, 11) is 0. The van der Waals surface area contributed by atoms with E-state index in [-0.39, 0.29) is 6.61 Å². The first-order valence-electron chi connectivity index (χ1n) is 4.47. The number of nitrogens with zero attached hydrogens (tertiary/aromatic N) is 2. The van der Waals surface area contributed by atoms with Crippen molar-refractivity contribution in [3.05, 3.63) is 37.2 Å². The number of nitrogens with one attached hydrogen (secondary N) is 1. The quantitative estimate of drug-likeness (QED) is 0.641. The minimum atomic E-state index is -0.253. The Hall–Kier alpha value is -0.400. The molecule has 2 aromatic rings. The van der Waals surface area contributed by atoms with Gasteiger partial charge in [0.1, 0.15) is 6.61 Å². The fourth-order valence-electron chi connectivity index (χ4n) is 1.37. The van der Waals surface area contributed by atoms with Crippen molar-refractivity contribution >= 4 is 51.3 Å². The van der Waals surface area contributed by atoms with Gasteiger partial charge in [-0.3, -0.25) is 9.67 Å². The molecule has 0 atom stereocenters. The lowest BCUT2D eigenvalue weighted by molar-refractivity contribution is 0.269. The zero-order chi connectivity index (χ0) is 12.6. The molecule has 0 aliphatic heterocycles. The Balaban J connectivity index is 2.73. The summed E-state index contributed by atoms with van der Waals surface area (Å²) in [6, 6.07) is 3.49. The van der Waals surface area contributed by atoms with E-state index >= 15 is 0 Å². The molecule has 0 saturated heterocycles. The Morgan fingerprint density at radius 2 is 2.12 bits per heavy atom. The third kappa shape index (κ3) is 2.28. The van der Waals surface area contributed by atoms with Crippen molar-refractivity contribution in [2.45, 2.75) is 6.61 Å². The Morgan fingerprint density at radius 3 is 2.76 bits per heavy atom. The highest BCUT2D eigenvalue weighted by atomic mass is 79.9. The van der Waals surface area contributed by atoms with Crippen LogP contribution in [0.3, 0.4) is 0 Å². The molecule has 0 unspecified atom stereocenters. The normalized spacial score (nSPS) is 10.8. The van der Waals surface area contributed by atoms with E-state index in [0.717, 1.165) is 0 Å². The average molecular weight is 355 g/mol. The van der Waals surface area contributed by atoms with Crippen LogP contribution in [0.4, 0.5) is 0 Å². The molecule has 0 aliphatic rings. The van der Waals surface area contributed by atoms with E-state index in [0.29, 0.717) is 30.8 Å². The summed E-state index contributed by atoms with van der Waals surface area (Å²) >= 11 is 20.5. The lowest BCUT2D eigenvalue weighted by Gasteiger charge is -2.09. The topological polar surface area (TPSA) is 53.8 Å². The van der Waals surface area contributed by atoms with Crippen LogP contribution in [0.15, 0.2) is 16.6 Å². The van der Waals surface area contributed by atoms with E-state index in [9.17, 15) is 5.11 Å². The molecule has 0 aliphatic carbocycles. The van der Waals surface area contributed by atoms with Crippen LogP contribution in [0, 0.1) is 4.77 Å². The SMILES string of the molecule is OCc1n[nH]c(=S)n1-c1ccc(Br)c(Cl)c1Cl. The fourth-order valence-corrected chi connectivity index (χ4v) is 2.48. The van der Waals surface area contributed by atoms with Gasteiger partial charge in [0, 0.05) is 4.47 Å². The minimum Gasteiger partial charge on any atom is -0.388 e. The molecule has 17 heavy (non-hydrogen) atoms. The smallest absolute Gasteiger partial charge is 0.199 e. The summed E-state index contributed by atoms with van der Waals surface area (Å²) in [5, 5.41) is 16.4. The van der Waals surface area contributed by atoms with E-state index in [1.54, 1.807) is 12.1 Å². The number of hydrogen-bond acceptors (Lipinski definition) is 3. The number of aliphatic hydroxyl groups is 1. The first kappa shape index (κ1) is 13.0. The number of halogens is 3. The van der Waals surface area contributed by atoms with Crippen molar-refractivity contribution in [2.24, 2.45) is 0 Å². The lowest BCUT2D eigenvalue weighted by Crippen LogP contribution is -2.02. The average Bonchev–Trinajstić information content (AvgIpc) is 2.68. The Kier molecular flexibility index (Phi) is 3.89. The van der Waals surface area contributed by atoms with Crippen LogP contribution in [-0.4, -0.2) is 19.9 Å². The standard InChI is InChI=1S/C9H6BrCl2N3OS/c10-4-1-2-5(8(12)7(4)11)15-6(3-16)13-14-9(15)17/h1-2,16H,3H2,(H,14,17). The highest BCUT2D eigenvalue weighted by Gasteiger charge is 2.14. The third-order valence-corrected chi connectivity index (χ3v) is 4.17. The first-order valence-corrected chi connectivity index (χ1v) is 6.43. The van der Waals surface area contributed by atoms with Crippen LogP contribution in [-0.2, 0) is 6.61 Å². The Morgan fingerprint density at radius 1 is 1.41 bits per heavy atom. The van der Waals surface area contributed by atoms with Gasteiger partial charge in [-0.1, -0.05) is 23.2 Å². The van der Waals surface area contributed by atoms with Gasteiger partial charge in [-0.15, -0.1) is 0 Å². The summed E-state index contributed by atoms with van der Waals surface area (Å²) in [5.41, 5.74) is 0.572. The number of rotatable bonds is 2. The summed E-state index contributed by atoms with van der Waals surface area (Å²) in [6.45, 7) is -0.253. The summed E-state index contributed by atoms with van der Waals surface area (Å²) in [5.74, 6) is 0.371. The summed E-state index contributed by atoms with van der Waals surface area (Å²) < 4.78 is 2.57. The monoisotopic (exact) mass is 353 g/mol. The van der Waals surface area contributed by atoms with Gasteiger partial charge in [-0.05, 0) is 40.3 Å². The number of benzene rings is 1. The van der Waals surface area contributed by atoms with Crippen LogP contribution in [0.2, 0.25) is 10.0 Å². The van der Waals surface area contributed by atoms with Crippen LogP contribution in [0.25, 0.3) is 5.69 Å². The van der Waals surface area contributed by atoms with Gasteiger partial charge in [0.25, 0.3) is 0 Å². The number of aliphatic hydroxyl groups excluding tert-OH is 1. The van der Waals surface area contributed by atoms with Gasteiger partial charge in [0.05, 0.1) is 15.7 Å². The van der Waals surface area contributed by atoms with Gasteiger partial charge in [-0.2, -0.15) is 5.10 Å². The zero-order valence-corrected chi connectivity index (χ0v) is 12.2. The van der Waals surface area contributed by atoms with E-state index in [1.165, 1.54) is 4.57 Å². The Bertz CT molecular complexity index is 625. The summed E-state index contributed by atoms with van der Waals surface area (Å²) in [6.07, 6.45) is 0. The van der Waals surface area contributed by atoms with Gasteiger partial charge in [-0.25, -0.2) is 0 Å². The molecule has 2 N–H and O–H groups in total. The molecule has 90 valence electrons. The summed E-state index contributed by atoms with van der Waals surface area (Å²) in [4.78, 5) is 0. The fraction of sp³-hybridized carbons (Fsp3) is 0.111. The largest absolute Gasteiger partial charge is 0.388 e. The highest BCUT2D eigenvalue weighted by molar-refractivity contribution is 9.10. The van der Waals surface area contributed by atoms with Crippen LogP contribution in [0.5, 0.6) is 0 Å². The minimum absolute atomic E-state index is 0.253. The van der Waals surface area contributed by atoms with E-state index in [1.807, 2.05) is 0 Å². The molecule has 2 rings (SSSR count). The Labute approximate surface area is 120 Å². The predicted octanol–water partition coefficient (Wildman–Crippen LogP) is 3.49. The molecular formula is C9H6BrCl2N3OS. The molecular weight excluding hydrogens is 349 g/mol. The van der Waals surface area contributed by atoms with Crippen molar-refractivity contribution in [2.75, 3.05) is 0 Å². The highest BCUT2D eigenvalue weighted by Crippen LogP contribution is 2.35. The molecule has 1 aromatic carbocycles. The van der Waals surface area contributed by atoms with Crippen molar-refractivity contribution < 1.29 is 5.11 Å². The van der Waals surface area contributed by atoms with Gasteiger partial charge < -0.3 is 5.11 Å². The molecule has 0 radical (unpaired) electrons. The van der Waals surface area contributed by atoms with E-state index < -0.39 is 0 Å².